The zero-order valence-corrected chi connectivity index (χ0v) is 16.3. The van der Waals surface area contributed by atoms with E-state index in [9.17, 15) is 19.6 Å². The van der Waals surface area contributed by atoms with Crippen molar-refractivity contribution in [3.63, 3.8) is 0 Å². The summed E-state index contributed by atoms with van der Waals surface area (Å²) in [6.07, 6.45) is 8.69. The number of ether oxygens (including phenoxy) is 1. The van der Waals surface area contributed by atoms with Gasteiger partial charge in [-0.3, -0.25) is 9.59 Å². The van der Waals surface area contributed by atoms with E-state index in [1.807, 2.05) is 18.2 Å². The number of fused-ring (bicyclic) bond motifs is 3. The number of aliphatic hydroxyl groups is 1. The molecule has 0 saturated heterocycles. The number of hydrogen-bond acceptors (Lipinski definition) is 6. The number of aryl methyl sites for hydroxylation is 1. The maximum atomic E-state index is 12.1. The van der Waals surface area contributed by atoms with Crippen molar-refractivity contribution in [3.8, 4) is 5.75 Å². The third-order valence-corrected chi connectivity index (χ3v) is 6.08. The van der Waals surface area contributed by atoms with Crippen molar-refractivity contribution >= 4 is 11.8 Å². The number of carbonyl (C=O) groups is 2. The number of carboxylic acids is 1. The number of carboxylic acid groups (broad SMARTS) is 1. The van der Waals surface area contributed by atoms with Crippen molar-refractivity contribution in [2.45, 2.75) is 49.9 Å². The molecule has 1 saturated carbocycles. The van der Waals surface area contributed by atoms with Crippen molar-refractivity contribution in [1.82, 2.24) is 0 Å². The largest absolute Gasteiger partial charge is 0.489 e. The molecule has 0 bridgehead atoms. The van der Waals surface area contributed by atoms with E-state index < -0.39 is 18.1 Å². The Kier molecular flexibility index (Phi) is 5.63. The fraction of sp³-hybridized carbons (Fsp3) is 0.391. The summed E-state index contributed by atoms with van der Waals surface area (Å²) in [5.74, 6) is -0.672. The van der Waals surface area contributed by atoms with E-state index in [1.54, 1.807) is 30.4 Å². The van der Waals surface area contributed by atoms with Gasteiger partial charge in [0.25, 0.3) is 0 Å². The van der Waals surface area contributed by atoms with Crippen LogP contribution in [-0.4, -0.2) is 40.2 Å². The fourth-order valence-electron chi connectivity index (χ4n) is 4.66. The number of Topliss-reactive ketones (excluding diaryl/α,β-unsaturated/α-hetero) is 1. The molecule has 5 atom stereocenters. The molecule has 0 radical (unpaired) electrons. The second-order valence-electron chi connectivity index (χ2n) is 7.90. The van der Waals surface area contributed by atoms with Crippen molar-refractivity contribution in [2.75, 3.05) is 0 Å². The Labute approximate surface area is 173 Å². The van der Waals surface area contributed by atoms with Crippen molar-refractivity contribution < 1.29 is 24.5 Å². The van der Waals surface area contributed by atoms with Crippen LogP contribution in [0.3, 0.4) is 0 Å². The van der Waals surface area contributed by atoms with Gasteiger partial charge in [0, 0.05) is 42.2 Å². The first-order valence-corrected chi connectivity index (χ1v) is 10.1. The summed E-state index contributed by atoms with van der Waals surface area (Å²) in [4.78, 5) is 34.4. The number of nitrogens with zero attached hydrogens (tertiary/aromatic N) is 1. The van der Waals surface area contributed by atoms with E-state index in [2.05, 4.69) is 5.18 Å². The molecule has 2 N–H and O–H groups in total. The minimum atomic E-state index is -0.891. The molecule has 0 aromatic heterocycles. The van der Waals surface area contributed by atoms with Crippen LogP contribution in [0.15, 0.2) is 59.3 Å². The number of para-hydroxylation sites is 1. The van der Waals surface area contributed by atoms with E-state index in [0.29, 0.717) is 24.2 Å². The number of carbonyl (C=O) groups excluding carboxylic acids is 1. The third-order valence-electron chi connectivity index (χ3n) is 6.08. The van der Waals surface area contributed by atoms with E-state index in [4.69, 9.17) is 9.84 Å². The Morgan fingerprint density at radius 1 is 1.37 bits per heavy atom. The fourth-order valence-corrected chi connectivity index (χ4v) is 4.66. The lowest BCUT2D eigenvalue weighted by molar-refractivity contribution is -0.137. The summed E-state index contributed by atoms with van der Waals surface area (Å²) >= 11 is 0. The highest BCUT2D eigenvalue weighted by atomic mass is 16.5. The molecule has 30 heavy (non-hydrogen) atoms. The van der Waals surface area contributed by atoms with Crippen LogP contribution in [0.5, 0.6) is 5.75 Å². The number of hydrogen-bond donors (Lipinski definition) is 2. The van der Waals surface area contributed by atoms with Crippen LogP contribution in [0.4, 0.5) is 0 Å². The molecule has 7 nitrogen and oxygen atoms in total. The maximum absolute atomic E-state index is 12.1. The van der Waals surface area contributed by atoms with E-state index in [1.165, 1.54) is 0 Å². The van der Waals surface area contributed by atoms with Crippen LogP contribution in [-0.2, 0) is 16.0 Å². The highest BCUT2D eigenvalue weighted by Crippen LogP contribution is 2.52. The normalized spacial score (nSPS) is 28.0. The highest BCUT2D eigenvalue weighted by molar-refractivity contribution is 5.99. The maximum Gasteiger partial charge on any atom is 0.303 e. The summed E-state index contributed by atoms with van der Waals surface area (Å²) in [5.41, 5.74) is 2.14. The van der Waals surface area contributed by atoms with E-state index in [-0.39, 0.29) is 36.6 Å². The first kappa shape index (κ1) is 20.2. The Morgan fingerprint density at radius 3 is 2.93 bits per heavy atom. The van der Waals surface area contributed by atoms with Gasteiger partial charge in [-0.05, 0) is 12.0 Å². The average molecular weight is 409 g/mol. The highest BCUT2D eigenvalue weighted by Gasteiger charge is 2.49. The van der Waals surface area contributed by atoms with Gasteiger partial charge in [0.2, 0.25) is 0 Å². The summed E-state index contributed by atoms with van der Waals surface area (Å²) in [6.45, 7) is 0. The van der Waals surface area contributed by atoms with Crippen LogP contribution < -0.4 is 4.74 Å². The molecule has 0 amide bonds. The van der Waals surface area contributed by atoms with Gasteiger partial charge in [-0.15, -0.1) is 4.91 Å². The van der Waals surface area contributed by atoms with Gasteiger partial charge in [-0.2, -0.15) is 0 Å². The predicted molar refractivity (Wildman–Crippen MR) is 109 cm³/mol. The minimum absolute atomic E-state index is 0.0192. The van der Waals surface area contributed by atoms with Gasteiger partial charge in [-0.25, -0.2) is 0 Å². The van der Waals surface area contributed by atoms with Crippen LogP contribution in [0.25, 0.3) is 0 Å². The number of aliphatic hydroxyl groups excluding tert-OH is 1. The topological polar surface area (TPSA) is 113 Å². The lowest BCUT2D eigenvalue weighted by Gasteiger charge is -2.18. The molecule has 1 heterocycles. The molecule has 7 heteroatoms. The second-order valence-corrected chi connectivity index (χ2v) is 7.90. The number of aliphatic carboxylic acids is 1. The first-order valence-electron chi connectivity index (χ1n) is 10.1. The quantitative estimate of drug-likeness (QED) is 0.529. The molecule has 156 valence electrons. The first-order chi connectivity index (χ1) is 14.5. The number of allylic oxidation sites excluding steroid dienone is 3. The predicted octanol–water partition coefficient (Wildman–Crippen LogP) is 3.08. The van der Waals surface area contributed by atoms with Crippen LogP contribution in [0, 0.1) is 10.8 Å². The number of benzene rings is 1. The second kappa shape index (κ2) is 8.36. The Morgan fingerprint density at radius 2 is 2.20 bits per heavy atom. The number of nitroso groups, excluding NO2 is 1. The van der Waals surface area contributed by atoms with Crippen LogP contribution in [0.2, 0.25) is 0 Å². The lowest BCUT2D eigenvalue weighted by Crippen LogP contribution is -2.19. The molecule has 1 aromatic rings. The van der Waals surface area contributed by atoms with Crippen molar-refractivity contribution in [1.29, 1.82) is 0 Å². The Bertz CT molecular complexity index is 962. The summed E-state index contributed by atoms with van der Waals surface area (Å²) in [5, 5.41) is 22.7. The average Bonchev–Trinajstić information content (AvgIpc) is 3.23. The molecule has 1 aromatic carbocycles. The smallest absolute Gasteiger partial charge is 0.303 e. The van der Waals surface area contributed by atoms with Gasteiger partial charge in [0.1, 0.15) is 17.9 Å². The van der Waals surface area contributed by atoms with Gasteiger partial charge >= 0.3 is 5.97 Å². The van der Waals surface area contributed by atoms with E-state index in [0.717, 1.165) is 11.1 Å². The molecule has 0 spiro atoms. The Balaban J connectivity index is 1.59. The molecule has 2 unspecified atom stereocenters. The van der Waals surface area contributed by atoms with Gasteiger partial charge in [0.05, 0.1) is 6.10 Å². The van der Waals surface area contributed by atoms with Gasteiger partial charge in [0.15, 0.2) is 5.78 Å². The standard InChI is InChI=1S/C23H23NO6/c25-18-7-2-1-5-14(18)17(24-29)10-9-15-19(26)12-20-22(15)16-6-3-4-13(23(16)30-20)8-11-21(27)28/h1-6,9-10,15,17,19-20,22,26H,7-8,11-12H2,(H,27,28)/b10-9+/t15?,17-,19-,20+,22?/m1/s1. The van der Waals surface area contributed by atoms with Crippen LogP contribution in [0.1, 0.15) is 36.3 Å². The zero-order valence-electron chi connectivity index (χ0n) is 16.3. The zero-order chi connectivity index (χ0) is 21.3. The van der Waals surface area contributed by atoms with Gasteiger partial charge < -0.3 is 14.9 Å². The summed E-state index contributed by atoms with van der Waals surface area (Å²) < 4.78 is 6.11. The molecule has 4 rings (SSSR count). The molecule has 3 aliphatic rings. The summed E-state index contributed by atoms with van der Waals surface area (Å²) in [6, 6.07) is 4.79. The SMILES string of the molecule is O=N[C@H](/C=C/C1C2c3cccc(CCC(=O)O)c3O[C@H]2C[C@H]1O)C1=CC=CCC1=O. The van der Waals surface area contributed by atoms with Crippen molar-refractivity contribution in [3.05, 3.63) is 70.2 Å². The molecular weight excluding hydrogens is 386 g/mol. The summed E-state index contributed by atoms with van der Waals surface area (Å²) in [7, 11) is 0. The molecular formula is C23H23NO6. The molecule has 1 aliphatic heterocycles. The Hall–Kier alpha value is -3.06. The minimum Gasteiger partial charge on any atom is -0.489 e. The van der Waals surface area contributed by atoms with E-state index >= 15 is 0 Å². The molecule has 1 fully saturated rings. The monoisotopic (exact) mass is 409 g/mol. The van der Waals surface area contributed by atoms with Crippen molar-refractivity contribution in [2.24, 2.45) is 11.1 Å². The number of rotatable bonds is 7. The molecule has 2 aliphatic carbocycles. The van der Waals surface area contributed by atoms with Crippen LogP contribution >= 0.6 is 0 Å². The lowest BCUT2D eigenvalue weighted by atomic mass is 9.86. The third kappa shape index (κ3) is 3.73. The number of ketones is 1. The van der Waals surface area contributed by atoms with Gasteiger partial charge in [-0.1, -0.05) is 53.8 Å².